The minimum absolute atomic E-state index is 0.0699. The lowest BCUT2D eigenvalue weighted by Crippen LogP contribution is -2.20. The molecule has 0 radical (unpaired) electrons. The quantitative estimate of drug-likeness (QED) is 0.0773. The van der Waals surface area contributed by atoms with Crippen LogP contribution in [0.15, 0.2) is 0 Å². The van der Waals surface area contributed by atoms with Gasteiger partial charge in [-0.1, -0.05) is 181 Å². The summed E-state index contributed by atoms with van der Waals surface area (Å²) in [5, 5.41) is 8.96. The molecule has 242 valence electrons. The molecule has 0 heterocycles. The Hall–Kier alpha value is -0.120. The van der Waals surface area contributed by atoms with Gasteiger partial charge in [-0.25, -0.2) is 0 Å². The second-order valence-electron chi connectivity index (χ2n) is 12.9. The van der Waals surface area contributed by atoms with Crippen LogP contribution in [-0.2, 0) is 9.47 Å². The maximum absolute atomic E-state index is 8.96. The third-order valence-electron chi connectivity index (χ3n) is 8.63. The zero-order valence-electron chi connectivity index (χ0n) is 28.0. The highest BCUT2D eigenvalue weighted by atomic mass is 16.5. The van der Waals surface area contributed by atoms with Crippen molar-refractivity contribution >= 4 is 0 Å². The molecule has 0 aromatic carbocycles. The van der Waals surface area contributed by atoms with Crippen molar-refractivity contribution in [3.05, 3.63) is 0 Å². The Morgan fingerprint density at radius 2 is 0.775 bits per heavy atom. The van der Waals surface area contributed by atoms with Crippen molar-refractivity contribution in [3.8, 4) is 0 Å². The van der Waals surface area contributed by atoms with Gasteiger partial charge in [0.25, 0.3) is 0 Å². The Morgan fingerprint density at radius 1 is 0.450 bits per heavy atom. The van der Waals surface area contributed by atoms with Gasteiger partial charge in [-0.15, -0.1) is 0 Å². The highest BCUT2D eigenvalue weighted by Crippen LogP contribution is 2.21. The Morgan fingerprint density at radius 3 is 1.10 bits per heavy atom. The Bertz CT molecular complexity index is 441. The van der Waals surface area contributed by atoms with E-state index >= 15 is 0 Å². The molecule has 0 aliphatic heterocycles. The lowest BCUT2D eigenvalue weighted by molar-refractivity contribution is -0.0271. The molecule has 0 aromatic rings. The van der Waals surface area contributed by atoms with Crippen LogP contribution in [0.5, 0.6) is 0 Å². The summed E-state index contributed by atoms with van der Waals surface area (Å²) in [6.07, 6.45) is 39.7. The summed E-state index contributed by atoms with van der Waals surface area (Å²) in [4.78, 5) is 0. The summed E-state index contributed by atoms with van der Waals surface area (Å²) >= 11 is 0. The van der Waals surface area contributed by atoms with E-state index in [0.29, 0.717) is 19.1 Å². The molecule has 2 atom stereocenters. The normalized spacial score (nSPS) is 13.2. The Labute approximate surface area is 253 Å². The summed E-state index contributed by atoms with van der Waals surface area (Å²) in [5.74, 6) is 0.700. The van der Waals surface area contributed by atoms with Crippen molar-refractivity contribution in [1.82, 2.24) is 0 Å². The third-order valence-corrected chi connectivity index (χ3v) is 8.63. The van der Waals surface area contributed by atoms with Crippen LogP contribution in [0, 0.1) is 5.92 Å². The number of hydrogen-bond donors (Lipinski definition) is 1. The van der Waals surface area contributed by atoms with Crippen molar-refractivity contribution in [2.75, 3.05) is 26.4 Å². The molecule has 3 heteroatoms. The van der Waals surface area contributed by atoms with Crippen molar-refractivity contribution in [2.24, 2.45) is 5.92 Å². The van der Waals surface area contributed by atoms with Crippen LogP contribution in [0.25, 0.3) is 0 Å². The molecule has 0 spiro atoms. The number of ether oxygens (including phenoxy) is 2. The van der Waals surface area contributed by atoms with Crippen LogP contribution in [-0.4, -0.2) is 37.6 Å². The fraction of sp³-hybridized carbons (Fsp3) is 1.00. The highest BCUT2D eigenvalue weighted by Gasteiger charge is 2.11. The summed E-state index contributed by atoms with van der Waals surface area (Å²) in [6, 6.07) is 0. The van der Waals surface area contributed by atoms with Gasteiger partial charge in [-0.3, -0.25) is 0 Å². The minimum atomic E-state index is 0.0699. The molecule has 3 nitrogen and oxygen atoms in total. The van der Waals surface area contributed by atoms with E-state index in [1.165, 1.54) is 180 Å². The fourth-order valence-electron chi connectivity index (χ4n) is 5.92. The van der Waals surface area contributed by atoms with Crippen LogP contribution >= 0.6 is 0 Å². The van der Waals surface area contributed by atoms with E-state index in [1.807, 2.05) is 6.92 Å². The summed E-state index contributed by atoms with van der Waals surface area (Å²) in [6.45, 7) is 8.66. The van der Waals surface area contributed by atoms with Crippen LogP contribution in [0.2, 0.25) is 0 Å². The monoisotopic (exact) mass is 569 g/mol. The molecule has 2 unspecified atom stereocenters. The second kappa shape index (κ2) is 35.1. The lowest BCUT2D eigenvalue weighted by atomic mass is 9.94. The average molecular weight is 569 g/mol. The van der Waals surface area contributed by atoms with Crippen LogP contribution in [0.4, 0.5) is 0 Å². The van der Waals surface area contributed by atoms with Crippen molar-refractivity contribution in [1.29, 1.82) is 0 Å². The zero-order valence-corrected chi connectivity index (χ0v) is 28.0. The van der Waals surface area contributed by atoms with Gasteiger partial charge in [0.05, 0.1) is 25.9 Å². The molecular formula is C37H76O3. The molecule has 0 saturated heterocycles. The Kier molecular flexibility index (Phi) is 35.0. The lowest BCUT2D eigenvalue weighted by Gasteiger charge is -2.19. The smallest absolute Gasteiger partial charge is 0.0781 e. The standard InChI is InChI=1S/C37H76O3/c1-4-6-8-10-12-14-16-18-19-21-23-25-27-29-31-37(35-39-34-36(3)40-33-32-38)30-28-26-24-22-20-17-15-13-11-9-7-5-2/h36-38H,4-35H2,1-3H3. The maximum atomic E-state index is 8.96. The first-order chi connectivity index (χ1) is 19.7. The molecule has 1 N–H and O–H groups in total. The number of aliphatic hydroxyl groups is 1. The molecule has 0 amide bonds. The number of unbranched alkanes of at least 4 members (excludes halogenated alkanes) is 24. The van der Waals surface area contributed by atoms with Crippen LogP contribution < -0.4 is 0 Å². The average Bonchev–Trinajstić information content (AvgIpc) is 2.96. The molecule has 0 aliphatic rings. The predicted molar refractivity (Wildman–Crippen MR) is 177 cm³/mol. The van der Waals surface area contributed by atoms with E-state index in [1.54, 1.807) is 0 Å². The highest BCUT2D eigenvalue weighted by molar-refractivity contribution is 4.62. The molecule has 0 aromatic heterocycles. The minimum Gasteiger partial charge on any atom is -0.394 e. The summed E-state index contributed by atoms with van der Waals surface area (Å²) in [5.41, 5.74) is 0. The zero-order chi connectivity index (χ0) is 29.2. The van der Waals surface area contributed by atoms with Gasteiger partial charge in [0.15, 0.2) is 0 Å². The molecule has 0 rings (SSSR count). The molecule has 40 heavy (non-hydrogen) atoms. The van der Waals surface area contributed by atoms with Crippen molar-refractivity contribution in [2.45, 2.75) is 207 Å². The van der Waals surface area contributed by atoms with E-state index in [9.17, 15) is 0 Å². The summed E-state index contributed by atoms with van der Waals surface area (Å²) in [7, 11) is 0. The largest absolute Gasteiger partial charge is 0.394 e. The van der Waals surface area contributed by atoms with Gasteiger partial charge in [0, 0.05) is 6.61 Å². The number of aliphatic hydroxyl groups excluding tert-OH is 1. The van der Waals surface area contributed by atoms with Crippen LogP contribution in [0.1, 0.15) is 201 Å². The van der Waals surface area contributed by atoms with E-state index in [2.05, 4.69) is 13.8 Å². The molecule has 0 saturated carbocycles. The van der Waals surface area contributed by atoms with Gasteiger partial charge in [0.2, 0.25) is 0 Å². The van der Waals surface area contributed by atoms with Crippen molar-refractivity contribution in [3.63, 3.8) is 0 Å². The molecule has 0 aliphatic carbocycles. The Balaban J connectivity index is 3.85. The van der Waals surface area contributed by atoms with Gasteiger partial charge < -0.3 is 14.6 Å². The van der Waals surface area contributed by atoms with E-state index in [0.717, 1.165) is 6.61 Å². The molecule has 0 fully saturated rings. The predicted octanol–water partition coefficient (Wildman–Crippen LogP) is 12.0. The second-order valence-corrected chi connectivity index (χ2v) is 12.9. The van der Waals surface area contributed by atoms with Gasteiger partial charge >= 0.3 is 0 Å². The summed E-state index contributed by atoms with van der Waals surface area (Å²) < 4.78 is 11.6. The van der Waals surface area contributed by atoms with E-state index in [4.69, 9.17) is 14.6 Å². The maximum Gasteiger partial charge on any atom is 0.0781 e. The van der Waals surface area contributed by atoms with E-state index in [-0.39, 0.29) is 12.7 Å². The number of rotatable bonds is 35. The fourth-order valence-corrected chi connectivity index (χ4v) is 5.92. The van der Waals surface area contributed by atoms with Gasteiger partial charge in [-0.2, -0.15) is 0 Å². The first kappa shape index (κ1) is 39.9. The van der Waals surface area contributed by atoms with Crippen molar-refractivity contribution < 1.29 is 14.6 Å². The SMILES string of the molecule is CCCCCCCCCCCCCCCCC(CCCCCCCCCCCCCC)COCC(C)OCCO. The van der Waals surface area contributed by atoms with E-state index < -0.39 is 0 Å². The number of hydrogen-bond acceptors (Lipinski definition) is 3. The molecule has 0 bridgehead atoms. The topological polar surface area (TPSA) is 38.7 Å². The van der Waals surface area contributed by atoms with Gasteiger partial charge in [-0.05, 0) is 25.7 Å². The first-order valence-electron chi connectivity index (χ1n) is 18.5. The van der Waals surface area contributed by atoms with Gasteiger partial charge in [0.1, 0.15) is 0 Å². The molecular weight excluding hydrogens is 492 g/mol. The van der Waals surface area contributed by atoms with Crippen LogP contribution in [0.3, 0.4) is 0 Å². The first-order valence-corrected chi connectivity index (χ1v) is 18.5. The third kappa shape index (κ3) is 32.4.